The molecule has 0 bridgehead atoms. The summed E-state index contributed by atoms with van der Waals surface area (Å²) in [5.41, 5.74) is 10.5. The van der Waals surface area contributed by atoms with Crippen LogP contribution in [0, 0.1) is 0 Å². The fraction of sp³-hybridized carbons (Fsp3) is 0.0667. The van der Waals surface area contributed by atoms with E-state index in [0.29, 0.717) is 5.84 Å². The molecule has 8 aromatic rings. The van der Waals surface area contributed by atoms with Gasteiger partial charge in [0.05, 0.1) is 28.4 Å². The van der Waals surface area contributed by atoms with Crippen molar-refractivity contribution in [3.8, 4) is 16.8 Å². The Morgan fingerprint density at radius 2 is 1.36 bits per heavy atom. The second-order valence-corrected chi connectivity index (χ2v) is 12.9. The van der Waals surface area contributed by atoms with Gasteiger partial charge < -0.3 is 19.3 Å². The molecule has 1 unspecified atom stereocenters. The van der Waals surface area contributed by atoms with E-state index >= 15 is 0 Å². The minimum absolute atomic E-state index is 0.393. The van der Waals surface area contributed by atoms with Crippen molar-refractivity contribution < 1.29 is 4.42 Å². The molecule has 238 valence electrons. The highest BCUT2D eigenvalue weighted by molar-refractivity contribution is 6.26. The third kappa shape index (κ3) is 4.70. The predicted octanol–water partition coefficient (Wildman–Crippen LogP) is 11.9. The molecule has 0 spiro atoms. The Labute approximate surface area is 289 Å². The molecule has 5 nitrogen and oxygen atoms in total. The summed E-state index contributed by atoms with van der Waals surface area (Å²) in [5.74, 6) is 1.48. The topological polar surface area (TPSA) is 56.9 Å². The molecule has 0 amide bonds. The summed E-state index contributed by atoms with van der Waals surface area (Å²) < 4.78 is 8.93. The van der Waals surface area contributed by atoms with Gasteiger partial charge in [-0.25, -0.2) is 0 Å². The van der Waals surface area contributed by atoms with E-state index in [0.717, 1.165) is 85.2 Å². The molecule has 50 heavy (non-hydrogen) atoms. The molecular formula is C45H31N4O-. The Morgan fingerprint density at radius 3 is 2.24 bits per heavy atom. The first kappa shape index (κ1) is 28.5. The summed E-state index contributed by atoms with van der Waals surface area (Å²) in [6.07, 6.45) is 7.94. The second kappa shape index (κ2) is 11.6. The lowest BCUT2D eigenvalue weighted by Crippen LogP contribution is -2.17. The molecule has 10 rings (SSSR count). The van der Waals surface area contributed by atoms with Crippen molar-refractivity contribution in [1.29, 1.82) is 0 Å². The lowest BCUT2D eigenvalue weighted by atomic mass is 10.00. The Balaban J connectivity index is 1.09. The van der Waals surface area contributed by atoms with Crippen LogP contribution in [0.3, 0.4) is 0 Å². The average molecular weight is 644 g/mol. The highest BCUT2D eigenvalue weighted by Crippen LogP contribution is 2.41. The third-order valence-electron chi connectivity index (χ3n) is 9.83. The van der Waals surface area contributed by atoms with Crippen molar-refractivity contribution in [1.82, 2.24) is 4.57 Å². The van der Waals surface area contributed by atoms with Gasteiger partial charge in [-0.2, -0.15) is 0 Å². The fourth-order valence-electron chi connectivity index (χ4n) is 7.50. The van der Waals surface area contributed by atoms with Crippen molar-refractivity contribution in [3.05, 3.63) is 180 Å². The summed E-state index contributed by atoms with van der Waals surface area (Å²) in [4.78, 5) is 10.0. The molecule has 0 N–H and O–H groups in total. The van der Waals surface area contributed by atoms with E-state index < -0.39 is 6.17 Å². The molecule has 2 aromatic heterocycles. The van der Waals surface area contributed by atoms with Crippen LogP contribution in [0.4, 0.5) is 0 Å². The minimum atomic E-state index is -0.393. The second-order valence-electron chi connectivity index (χ2n) is 12.9. The highest BCUT2D eigenvalue weighted by atomic mass is 16.3. The summed E-state index contributed by atoms with van der Waals surface area (Å²) in [7, 11) is 0. The van der Waals surface area contributed by atoms with Gasteiger partial charge in [-0.3, -0.25) is 4.99 Å². The van der Waals surface area contributed by atoms with Crippen molar-refractivity contribution in [2.45, 2.75) is 19.0 Å². The van der Waals surface area contributed by atoms with Gasteiger partial charge in [0.1, 0.15) is 11.2 Å². The first-order chi connectivity index (χ1) is 24.8. The van der Waals surface area contributed by atoms with Crippen LogP contribution in [0.1, 0.15) is 30.1 Å². The molecule has 0 radical (unpaired) electrons. The van der Waals surface area contributed by atoms with Crippen LogP contribution in [-0.2, 0) is 0 Å². The largest absolute Gasteiger partial charge is 0.456 e. The van der Waals surface area contributed by atoms with Gasteiger partial charge in [0, 0.05) is 16.5 Å². The van der Waals surface area contributed by atoms with E-state index in [4.69, 9.17) is 19.7 Å². The van der Waals surface area contributed by atoms with Gasteiger partial charge in [0.2, 0.25) is 0 Å². The number of aliphatic imine (C=N–C) groups is 2. The number of aromatic nitrogens is 1. The Hall–Kier alpha value is -6.46. The van der Waals surface area contributed by atoms with E-state index in [1.807, 2.05) is 24.3 Å². The summed E-state index contributed by atoms with van der Waals surface area (Å²) in [5, 5.41) is 9.74. The lowest BCUT2D eigenvalue weighted by molar-refractivity contribution is 0.664. The van der Waals surface area contributed by atoms with E-state index in [-0.39, 0.29) is 0 Å². The van der Waals surface area contributed by atoms with E-state index in [9.17, 15) is 0 Å². The van der Waals surface area contributed by atoms with E-state index in [2.05, 4.69) is 138 Å². The highest BCUT2D eigenvalue weighted by Gasteiger charge is 2.19. The van der Waals surface area contributed by atoms with Gasteiger partial charge >= 0.3 is 0 Å². The summed E-state index contributed by atoms with van der Waals surface area (Å²) in [6.45, 7) is 0. The van der Waals surface area contributed by atoms with Crippen molar-refractivity contribution >= 4 is 55.4 Å². The van der Waals surface area contributed by atoms with Crippen LogP contribution >= 0.6 is 0 Å². The maximum Gasteiger partial charge on any atom is 0.137 e. The molecule has 6 aromatic carbocycles. The molecule has 0 fully saturated rings. The molecule has 1 aliphatic carbocycles. The SMILES string of the molecule is C1=CCCC(C2=NC(c3ccccc3)=NC(c3cccc(-c4cccc(-n5c6cccc7oc8ccccc8c8cccc5c8c76)c4)c3)[N-]2)=C1. The summed E-state index contributed by atoms with van der Waals surface area (Å²) >= 11 is 0. The smallest absolute Gasteiger partial charge is 0.137 e. The zero-order valence-electron chi connectivity index (χ0n) is 27.2. The molecule has 5 heteroatoms. The van der Waals surface area contributed by atoms with Crippen LogP contribution in [-0.4, -0.2) is 16.2 Å². The number of benzene rings is 6. The fourth-order valence-corrected chi connectivity index (χ4v) is 7.50. The molecule has 0 saturated carbocycles. The number of nitrogens with zero attached hydrogens (tertiary/aromatic N) is 4. The van der Waals surface area contributed by atoms with Crippen molar-refractivity contribution in [2.75, 3.05) is 0 Å². The standard InChI is InChI=1S/C45H31N4O/c1-3-13-29(14-4-1)43-46-44(30-15-5-2-6-16-30)48-45(47-43)33-19-9-17-31(27-33)32-18-10-20-34(28-32)49-37-23-11-22-36-35-21-7-8-25-39(35)50-40-26-12-24-38(49)42(40)41(36)37/h1-5,7-15,17-28,45H,6,16H2/q-1. The first-order valence-electron chi connectivity index (χ1n) is 17.1. The van der Waals surface area contributed by atoms with Crippen molar-refractivity contribution in [3.63, 3.8) is 0 Å². The number of hydrogen-bond acceptors (Lipinski definition) is 3. The molecule has 3 heterocycles. The predicted molar refractivity (Wildman–Crippen MR) is 206 cm³/mol. The quantitative estimate of drug-likeness (QED) is 0.184. The van der Waals surface area contributed by atoms with Gasteiger partial charge in [-0.05, 0) is 88.5 Å². The monoisotopic (exact) mass is 643 g/mol. The molecule has 1 atom stereocenters. The van der Waals surface area contributed by atoms with Crippen LogP contribution in [0.2, 0.25) is 0 Å². The van der Waals surface area contributed by atoms with Crippen molar-refractivity contribution in [2.24, 2.45) is 9.98 Å². The van der Waals surface area contributed by atoms with E-state index in [1.54, 1.807) is 0 Å². The number of amidine groups is 2. The number of fused-ring (bicyclic) bond motifs is 2. The average Bonchev–Trinajstić information content (AvgIpc) is 3.46. The van der Waals surface area contributed by atoms with Gasteiger partial charge in [0.15, 0.2) is 0 Å². The van der Waals surface area contributed by atoms with Gasteiger partial charge in [-0.15, -0.1) is 0 Å². The Bertz CT molecular complexity index is 2740. The Kier molecular flexibility index (Phi) is 6.62. The van der Waals surface area contributed by atoms with Crippen LogP contribution in [0.5, 0.6) is 0 Å². The number of rotatable bonds is 5. The molecule has 1 aliphatic heterocycles. The third-order valence-corrected chi connectivity index (χ3v) is 9.83. The first-order valence-corrected chi connectivity index (χ1v) is 17.1. The molecule has 0 saturated heterocycles. The number of allylic oxidation sites excluding steroid dienone is 3. The number of hydrogen-bond donors (Lipinski definition) is 0. The zero-order valence-corrected chi connectivity index (χ0v) is 27.2. The normalized spacial score (nSPS) is 16.1. The minimum Gasteiger partial charge on any atom is -0.456 e. The maximum atomic E-state index is 6.57. The van der Waals surface area contributed by atoms with Crippen LogP contribution in [0.25, 0.3) is 65.9 Å². The maximum absolute atomic E-state index is 6.57. The van der Waals surface area contributed by atoms with Crippen LogP contribution in [0.15, 0.2) is 178 Å². The number of para-hydroxylation sites is 1. The van der Waals surface area contributed by atoms with Gasteiger partial charge in [0.25, 0.3) is 0 Å². The Morgan fingerprint density at radius 1 is 0.640 bits per heavy atom. The van der Waals surface area contributed by atoms with E-state index in [1.165, 1.54) is 10.8 Å². The zero-order chi connectivity index (χ0) is 33.0. The molecular weight excluding hydrogens is 613 g/mol. The van der Waals surface area contributed by atoms with Gasteiger partial charge in [-0.1, -0.05) is 121 Å². The summed E-state index contributed by atoms with van der Waals surface area (Å²) in [6, 6.07) is 48.9. The molecule has 2 aliphatic rings. The lowest BCUT2D eigenvalue weighted by Gasteiger charge is -2.34. The van der Waals surface area contributed by atoms with Crippen LogP contribution < -0.4 is 0 Å².